The Labute approximate surface area is 254 Å². The lowest BCUT2D eigenvalue weighted by atomic mass is 9.72. The number of anilines is 1. The van der Waals surface area contributed by atoms with E-state index in [1.807, 2.05) is 33.9 Å². The number of ether oxygens (including phenoxy) is 2. The van der Waals surface area contributed by atoms with Crippen molar-refractivity contribution in [2.45, 2.75) is 57.7 Å². The lowest BCUT2D eigenvalue weighted by molar-refractivity contribution is -0.153. The second-order valence-corrected chi connectivity index (χ2v) is 14.2. The summed E-state index contributed by atoms with van der Waals surface area (Å²) in [5, 5.41) is 0.680. The van der Waals surface area contributed by atoms with Crippen LogP contribution in [-0.4, -0.2) is 90.6 Å². The predicted octanol–water partition coefficient (Wildman–Crippen LogP) is 6.19. The first-order valence-electron chi connectivity index (χ1n) is 13.4. The quantitative estimate of drug-likeness (QED) is 0.347. The van der Waals surface area contributed by atoms with Crippen LogP contribution in [0.2, 0.25) is 0 Å². The molecule has 1 atom stereocenters. The number of rotatable bonds is 4. The van der Waals surface area contributed by atoms with Gasteiger partial charge in [-0.15, -0.1) is 0 Å². The van der Waals surface area contributed by atoms with Gasteiger partial charge in [-0.3, -0.25) is 0 Å². The smallest absolute Gasteiger partial charge is 0.422 e. The molecule has 220 valence electrons. The molecular formula is C27H34BrF3IN5O3. The van der Waals surface area contributed by atoms with Crippen molar-refractivity contribution in [2.24, 2.45) is 5.41 Å². The molecule has 1 unspecified atom stereocenters. The Morgan fingerprint density at radius 2 is 1.85 bits per heavy atom. The molecule has 1 amide bonds. The van der Waals surface area contributed by atoms with E-state index in [9.17, 15) is 18.0 Å². The Balaban J connectivity index is 1.43. The summed E-state index contributed by atoms with van der Waals surface area (Å²) in [7, 11) is 2.04. The highest BCUT2D eigenvalue weighted by molar-refractivity contribution is 14.1. The number of likely N-dealkylation sites (N-methyl/N-ethyl adjacent to an activating group) is 1. The number of alkyl halides is 3. The van der Waals surface area contributed by atoms with Crippen LogP contribution in [-0.2, 0) is 4.74 Å². The van der Waals surface area contributed by atoms with Gasteiger partial charge in [-0.05, 0) is 98.2 Å². The lowest BCUT2D eigenvalue weighted by Crippen LogP contribution is -2.62. The highest BCUT2D eigenvalue weighted by Gasteiger charge is 2.48. The number of hydrogen-bond acceptors (Lipinski definition) is 7. The summed E-state index contributed by atoms with van der Waals surface area (Å²) in [4.78, 5) is 28.5. The van der Waals surface area contributed by atoms with Crippen LogP contribution in [0.5, 0.6) is 5.75 Å². The van der Waals surface area contributed by atoms with E-state index in [0.717, 1.165) is 54.8 Å². The molecule has 0 bridgehead atoms. The summed E-state index contributed by atoms with van der Waals surface area (Å²) < 4.78 is 51.5. The first-order chi connectivity index (χ1) is 18.6. The van der Waals surface area contributed by atoms with Gasteiger partial charge in [-0.25, -0.2) is 14.8 Å². The molecular weight excluding hydrogens is 706 g/mol. The minimum absolute atomic E-state index is 0.0473. The highest BCUT2D eigenvalue weighted by atomic mass is 127. The van der Waals surface area contributed by atoms with E-state index in [1.165, 1.54) is 0 Å². The molecule has 0 saturated carbocycles. The average molecular weight is 740 g/mol. The van der Waals surface area contributed by atoms with E-state index in [-0.39, 0.29) is 23.2 Å². The van der Waals surface area contributed by atoms with Gasteiger partial charge in [0.2, 0.25) is 0 Å². The SMILES string of the molecule is CN1CCC(c2nc(N3CCC4(CC3)CN(C(=O)OC(C)(C)C)C4)c3cc(I)c(Br)c(OCC(F)(F)F)c3n2)C1. The van der Waals surface area contributed by atoms with Gasteiger partial charge in [0, 0.05) is 53.0 Å². The molecule has 0 N–H and O–H groups in total. The largest absolute Gasteiger partial charge is 0.481 e. The maximum atomic E-state index is 13.2. The molecule has 3 aliphatic rings. The molecule has 8 nitrogen and oxygen atoms in total. The number of nitrogens with zero attached hydrogens (tertiary/aromatic N) is 5. The molecule has 0 aliphatic carbocycles. The number of hydrogen-bond donors (Lipinski definition) is 0. The molecule has 1 aromatic carbocycles. The van der Waals surface area contributed by atoms with E-state index in [0.29, 0.717) is 34.3 Å². The number of amides is 1. The minimum atomic E-state index is -4.48. The molecule has 13 heteroatoms. The summed E-state index contributed by atoms with van der Waals surface area (Å²) in [6.45, 7) is 8.68. The molecule has 3 fully saturated rings. The maximum absolute atomic E-state index is 13.2. The Kier molecular flexibility index (Phi) is 8.14. The van der Waals surface area contributed by atoms with Gasteiger partial charge in [-0.1, -0.05) is 0 Å². The van der Waals surface area contributed by atoms with Crippen LogP contribution in [0.25, 0.3) is 10.9 Å². The molecule has 1 spiro atoms. The third-order valence-corrected chi connectivity index (χ3v) is 10.2. The zero-order chi connectivity index (χ0) is 29.0. The number of benzene rings is 1. The van der Waals surface area contributed by atoms with Crippen molar-refractivity contribution in [3.05, 3.63) is 19.9 Å². The summed E-state index contributed by atoms with van der Waals surface area (Å²) in [6, 6.07) is 1.91. The highest BCUT2D eigenvalue weighted by Crippen LogP contribution is 2.45. The van der Waals surface area contributed by atoms with Crippen molar-refractivity contribution in [1.82, 2.24) is 19.8 Å². The van der Waals surface area contributed by atoms with Crippen molar-refractivity contribution < 1.29 is 27.4 Å². The summed E-state index contributed by atoms with van der Waals surface area (Å²) >= 11 is 5.55. The molecule has 4 heterocycles. The lowest BCUT2D eigenvalue weighted by Gasteiger charge is -2.53. The van der Waals surface area contributed by atoms with Crippen molar-refractivity contribution >= 4 is 61.3 Å². The van der Waals surface area contributed by atoms with Gasteiger partial charge < -0.3 is 24.2 Å². The van der Waals surface area contributed by atoms with Crippen LogP contribution < -0.4 is 9.64 Å². The first-order valence-corrected chi connectivity index (χ1v) is 15.3. The Morgan fingerprint density at radius 1 is 1.18 bits per heavy atom. The molecule has 1 aromatic heterocycles. The second-order valence-electron chi connectivity index (χ2n) is 12.3. The number of halogens is 5. The van der Waals surface area contributed by atoms with E-state index in [2.05, 4.69) is 48.3 Å². The molecule has 3 aliphatic heterocycles. The van der Waals surface area contributed by atoms with Crippen molar-refractivity contribution in [3.63, 3.8) is 0 Å². The fourth-order valence-electron chi connectivity index (χ4n) is 5.77. The van der Waals surface area contributed by atoms with Crippen molar-refractivity contribution in [1.29, 1.82) is 0 Å². The zero-order valence-electron chi connectivity index (χ0n) is 23.1. The number of fused-ring (bicyclic) bond motifs is 1. The average Bonchev–Trinajstić information content (AvgIpc) is 3.27. The van der Waals surface area contributed by atoms with Gasteiger partial charge in [-0.2, -0.15) is 13.2 Å². The summed E-state index contributed by atoms with van der Waals surface area (Å²) in [6.07, 6.45) is -2.11. The topological polar surface area (TPSA) is 71.0 Å². The van der Waals surface area contributed by atoms with Crippen molar-refractivity contribution in [2.75, 3.05) is 57.8 Å². The predicted molar refractivity (Wildman–Crippen MR) is 158 cm³/mol. The van der Waals surface area contributed by atoms with Crippen LogP contribution in [0.15, 0.2) is 10.5 Å². The number of aromatic nitrogens is 2. The summed E-state index contributed by atoms with van der Waals surface area (Å²) in [5.41, 5.74) is -0.0876. The van der Waals surface area contributed by atoms with E-state index >= 15 is 0 Å². The van der Waals surface area contributed by atoms with E-state index in [4.69, 9.17) is 19.4 Å². The molecule has 2 aromatic rings. The molecule has 40 heavy (non-hydrogen) atoms. The number of carbonyl (C=O) groups is 1. The Hall–Kier alpha value is -1.61. The van der Waals surface area contributed by atoms with Gasteiger partial charge in [0.15, 0.2) is 12.4 Å². The minimum Gasteiger partial charge on any atom is -0.481 e. The Bertz CT molecular complexity index is 1290. The van der Waals surface area contributed by atoms with E-state index in [1.54, 1.807) is 4.90 Å². The first kappa shape index (κ1) is 29.9. The molecule has 3 saturated heterocycles. The number of carbonyl (C=O) groups excluding carboxylic acids is 1. The van der Waals surface area contributed by atoms with Gasteiger partial charge in [0.1, 0.15) is 22.8 Å². The number of likely N-dealkylation sites (tertiary alicyclic amines) is 2. The van der Waals surface area contributed by atoms with Gasteiger partial charge in [0.25, 0.3) is 0 Å². The van der Waals surface area contributed by atoms with Crippen LogP contribution in [0.1, 0.15) is 51.8 Å². The molecule has 0 radical (unpaired) electrons. The van der Waals surface area contributed by atoms with Crippen LogP contribution in [0, 0.1) is 8.99 Å². The van der Waals surface area contributed by atoms with Gasteiger partial charge >= 0.3 is 12.3 Å². The fraction of sp³-hybridized carbons (Fsp3) is 0.667. The maximum Gasteiger partial charge on any atom is 0.422 e. The normalized spacial score (nSPS) is 21.7. The Morgan fingerprint density at radius 3 is 2.42 bits per heavy atom. The fourth-order valence-corrected chi connectivity index (χ4v) is 6.74. The number of piperidine rings is 1. The summed E-state index contributed by atoms with van der Waals surface area (Å²) in [5.74, 6) is 1.55. The standard InChI is InChI=1S/C27H34BrF3IN5O3/c1-25(2,3)40-24(38)37-13-26(14-37)6-9-36(10-7-26)23-17-11-18(32)19(28)21(39-15-27(29,30)31)20(17)33-22(34-23)16-5-8-35(4)12-16/h11,16H,5-10,12-15H2,1-4H3. The third-order valence-electron chi connectivity index (χ3n) is 7.80. The van der Waals surface area contributed by atoms with Crippen LogP contribution >= 0.6 is 38.5 Å². The monoisotopic (exact) mass is 739 g/mol. The third kappa shape index (κ3) is 6.40. The second kappa shape index (κ2) is 10.9. The van der Waals surface area contributed by atoms with Gasteiger partial charge in [0.05, 0.1) is 4.47 Å². The van der Waals surface area contributed by atoms with Crippen molar-refractivity contribution in [3.8, 4) is 5.75 Å². The zero-order valence-corrected chi connectivity index (χ0v) is 26.8. The van der Waals surface area contributed by atoms with E-state index < -0.39 is 18.4 Å². The van der Waals surface area contributed by atoms with Crippen LogP contribution in [0.3, 0.4) is 0 Å². The van der Waals surface area contributed by atoms with Crippen LogP contribution in [0.4, 0.5) is 23.8 Å². The molecule has 5 rings (SSSR count).